The number of esters is 2. The van der Waals surface area contributed by atoms with E-state index in [-0.39, 0.29) is 26.2 Å². The number of hydrogen-bond donors (Lipinski definition) is 2. The van der Waals surface area contributed by atoms with Gasteiger partial charge in [-0.2, -0.15) is 0 Å². The maximum absolute atomic E-state index is 13.4. The van der Waals surface area contributed by atoms with Crippen molar-refractivity contribution in [1.82, 2.24) is 20.7 Å². The summed E-state index contributed by atoms with van der Waals surface area (Å²) in [6.45, 7) is 22.8. The predicted molar refractivity (Wildman–Crippen MR) is 225 cm³/mol. The normalized spacial score (nSPS) is 13.6. The molecule has 2 aromatic rings. The fourth-order valence-corrected chi connectivity index (χ4v) is 8.94. The SMILES string of the molecule is Cc1cc(CN(CC(=O)OC(C)(C)C)C(=O)OC(C)(C)C)cc(C2=NNC(c3cc(CN(CC(=O)OC(C)(C)C)C(=O)OC(C)(C)C)c[c]([Sn]([CH3])([CH3])[CH3])c3)=NN2)c1. The van der Waals surface area contributed by atoms with Gasteiger partial charge in [-0.05, 0) is 41.5 Å². The van der Waals surface area contributed by atoms with Crippen LogP contribution in [0.15, 0.2) is 46.6 Å². The van der Waals surface area contributed by atoms with E-state index in [0.29, 0.717) is 17.2 Å². The van der Waals surface area contributed by atoms with Gasteiger partial charge in [-0.25, -0.2) is 4.79 Å². The van der Waals surface area contributed by atoms with Crippen molar-refractivity contribution >= 4 is 57.8 Å². The Morgan fingerprint density at radius 3 is 1.28 bits per heavy atom. The van der Waals surface area contributed by atoms with Crippen molar-refractivity contribution in [2.45, 2.75) is 140 Å². The third-order valence-corrected chi connectivity index (χ3v) is 13.4. The van der Waals surface area contributed by atoms with Crippen molar-refractivity contribution in [3.63, 3.8) is 0 Å². The first-order valence-corrected chi connectivity index (χ1v) is 29.2. The van der Waals surface area contributed by atoms with E-state index in [1.807, 2.05) is 31.2 Å². The molecule has 0 spiro atoms. The average Bonchev–Trinajstić information content (AvgIpc) is 3.00. The van der Waals surface area contributed by atoms with E-state index in [9.17, 15) is 19.2 Å². The Labute approximate surface area is 342 Å². The second-order valence-electron chi connectivity index (χ2n) is 19.4. The molecular formula is C42H64N6O8Sn. The number of rotatable bonds is 11. The molecule has 1 aliphatic rings. The number of nitrogens with zero attached hydrogens (tertiary/aromatic N) is 4. The molecule has 0 fully saturated rings. The number of aryl methyl sites for hydroxylation is 1. The third kappa shape index (κ3) is 16.6. The Kier molecular flexibility index (Phi) is 14.9. The zero-order valence-corrected chi connectivity index (χ0v) is 39.7. The van der Waals surface area contributed by atoms with E-state index in [1.54, 1.807) is 83.1 Å². The van der Waals surface area contributed by atoms with Crippen LogP contribution in [0.4, 0.5) is 9.59 Å². The quantitative estimate of drug-likeness (QED) is 0.138. The van der Waals surface area contributed by atoms with Crippen LogP contribution in [0.25, 0.3) is 0 Å². The number of amides is 2. The van der Waals surface area contributed by atoms with E-state index >= 15 is 0 Å². The number of carbonyl (C=O) groups is 4. The molecule has 0 aromatic heterocycles. The van der Waals surface area contributed by atoms with Crippen LogP contribution in [0.3, 0.4) is 0 Å². The topological polar surface area (TPSA) is 160 Å². The Morgan fingerprint density at radius 2 is 0.930 bits per heavy atom. The number of nitrogens with one attached hydrogen (secondary N) is 2. The summed E-state index contributed by atoms with van der Waals surface area (Å²) in [5.74, 6) is -0.174. The first-order chi connectivity index (χ1) is 25.9. The van der Waals surface area contributed by atoms with Crippen molar-refractivity contribution in [3.8, 4) is 0 Å². The molecule has 0 saturated carbocycles. The molecule has 2 amide bonds. The molecule has 15 heteroatoms. The summed E-state index contributed by atoms with van der Waals surface area (Å²) in [5.41, 5.74) is 7.12. The van der Waals surface area contributed by atoms with Crippen molar-refractivity contribution in [2.75, 3.05) is 13.1 Å². The molecule has 14 nitrogen and oxygen atoms in total. The first-order valence-electron chi connectivity index (χ1n) is 19.2. The summed E-state index contributed by atoms with van der Waals surface area (Å²) in [4.78, 5) is 61.9. The van der Waals surface area contributed by atoms with Gasteiger partial charge in [-0.3, -0.25) is 4.79 Å². The van der Waals surface area contributed by atoms with Crippen LogP contribution in [-0.4, -0.2) is 99.5 Å². The number of benzene rings is 2. The summed E-state index contributed by atoms with van der Waals surface area (Å²) < 4.78 is 23.6. The monoisotopic (exact) mass is 900 g/mol. The van der Waals surface area contributed by atoms with Gasteiger partial charge >= 0.3 is 266 Å². The molecule has 314 valence electrons. The molecule has 0 aliphatic carbocycles. The molecule has 1 aliphatic heterocycles. The predicted octanol–water partition coefficient (Wildman–Crippen LogP) is 6.91. The molecule has 0 radical (unpaired) electrons. The molecule has 1 heterocycles. The summed E-state index contributed by atoms with van der Waals surface area (Å²) in [5, 5.41) is 9.29. The van der Waals surface area contributed by atoms with Gasteiger partial charge in [0, 0.05) is 0 Å². The van der Waals surface area contributed by atoms with Gasteiger partial charge in [0.2, 0.25) is 0 Å². The van der Waals surface area contributed by atoms with Gasteiger partial charge in [0.1, 0.15) is 17.7 Å². The first kappa shape index (κ1) is 47.0. The number of carbonyl (C=O) groups excluding carboxylic acids is 4. The van der Waals surface area contributed by atoms with Crippen molar-refractivity contribution in [1.29, 1.82) is 0 Å². The zero-order valence-electron chi connectivity index (χ0n) is 36.8. The van der Waals surface area contributed by atoms with E-state index in [2.05, 4.69) is 48.0 Å². The minimum absolute atomic E-state index is 0.0839. The van der Waals surface area contributed by atoms with Crippen LogP contribution in [-0.2, 0) is 41.6 Å². The number of amidine groups is 2. The van der Waals surface area contributed by atoms with Crippen LogP contribution < -0.4 is 14.4 Å². The van der Waals surface area contributed by atoms with E-state index in [0.717, 1.165) is 22.3 Å². The van der Waals surface area contributed by atoms with Crippen molar-refractivity contribution in [3.05, 3.63) is 64.2 Å². The maximum atomic E-state index is 13.4. The van der Waals surface area contributed by atoms with Crippen molar-refractivity contribution in [2.24, 2.45) is 10.2 Å². The van der Waals surface area contributed by atoms with Gasteiger partial charge in [-0.1, -0.05) is 0 Å². The van der Waals surface area contributed by atoms with Crippen LogP contribution in [0.5, 0.6) is 0 Å². The molecular weight excluding hydrogens is 835 g/mol. The third-order valence-electron chi connectivity index (χ3n) is 7.62. The number of hydrazone groups is 2. The van der Waals surface area contributed by atoms with E-state index in [4.69, 9.17) is 18.9 Å². The second-order valence-corrected chi connectivity index (χ2v) is 33.9. The molecule has 0 bridgehead atoms. The van der Waals surface area contributed by atoms with Crippen LogP contribution in [0.2, 0.25) is 14.8 Å². The van der Waals surface area contributed by atoms with Crippen LogP contribution in [0, 0.1) is 6.92 Å². The number of ether oxygens (including phenoxy) is 4. The van der Waals surface area contributed by atoms with Gasteiger partial charge in [0.25, 0.3) is 0 Å². The zero-order chi connectivity index (χ0) is 43.3. The van der Waals surface area contributed by atoms with Crippen LogP contribution in [0.1, 0.15) is 111 Å². The summed E-state index contributed by atoms with van der Waals surface area (Å²) in [6.07, 6.45) is -1.26. The molecule has 2 N–H and O–H groups in total. The number of hydrogen-bond acceptors (Lipinski definition) is 12. The van der Waals surface area contributed by atoms with E-state index < -0.39 is 64.9 Å². The summed E-state index contributed by atoms with van der Waals surface area (Å²) in [6, 6.07) is 11.8. The average molecular weight is 900 g/mol. The minimum atomic E-state index is -2.74. The Hall–Kier alpha value is -4.34. The summed E-state index contributed by atoms with van der Waals surface area (Å²) >= 11 is -2.74. The van der Waals surface area contributed by atoms with Gasteiger partial charge in [-0.15, -0.1) is 0 Å². The fraction of sp³-hybridized carbons (Fsp3) is 0.571. The van der Waals surface area contributed by atoms with Gasteiger partial charge < -0.3 is 9.47 Å². The standard InChI is InChI=1S/C39H55N6O8.3CH3.Sn/c1-25-17-27(22-45(35(49)53-39(11,12)13)24-31(47)51-37(5,6)7)20-29(18-25)33-42-40-32(41-43-33)28-16-14-15-26(19-28)21-44(34(48)52-38(8,9)10)23-30(46)50-36(2,3)4;;;;/h15-20H,21-24H2,1-13H3,(H,40,41)(H,42,43);3*1H3;. The fourth-order valence-electron chi connectivity index (χ4n) is 5.49. The van der Waals surface area contributed by atoms with Gasteiger partial charge in [0.15, 0.2) is 0 Å². The molecule has 3 rings (SSSR count). The molecule has 2 aromatic carbocycles. The second kappa shape index (κ2) is 18.1. The van der Waals surface area contributed by atoms with Gasteiger partial charge in [0.05, 0.1) is 0 Å². The Balaban J connectivity index is 1.92. The molecule has 0 unspecified atom stereocenters. The Morgan fingerprint density at radius 1 is 0.561 bits per heavy atom. The molecule has 0 atom stereocenters. The van der Waals surface area contributed by atoms with Crippen molar-refractivity contribution < 1.29 is 38.1 Å². The van der Waals surface area contributed by atoms with Crippen LogP contribution >= 0.6 is 0 Å². The van der Waals surface area contributed by atoms with E-state index in [1.165, 1.54) is 13.4 Å². The summed E-state index contributed by atoms with van der Waals surface area (Å²) in [7, 11) is 0. The Bertz CT molecular complexity index is 1870. The molecule has 0 saturated heterocycles. The molecule has 57 heavy (non-hydrogen) atoms.